The highest BCUT2D eigenvalue weighted by atomic mass is 32.1. The Balaban J connectivity index is 1.53. The Morgan fingerprint density at radius 1 is 0.841 bits per heavy atom. The standard InChI is InChI=1S/C31H19F5N2O5S/c1-43-24-11-7-15(19-13-16(30(41)42)6-9-22(19)32)12-20(24)28(39)38-26-18-4-2-3-5-25(18)44-27(26)29(40)37-17-8-10-23(33)21(14-17)31(34,35)36/h2-14H,1H3,(H,37,40)(H,38,39)(H,41,42). The molecule has 0 atom stereocenters. The molecule has 0 spiro atoms. The molecule has 0 radical (unpaired) electrons. The van der Waals surface area contributed by atoms with Crippen LogP contribution in [0.5, 0.6) is 5.75 Å². The number of carboxylic acid groups (broad SMARTS) is 1. The number of methoxy groups -OCH3 is 1. The fraction of sp³-hybridized carbons (Fsp3) is 0.0645. The van der Waals surface area contributed by atoms with Gasteiger partial charge in [-0.25, -0.2) is 13.6 Å². The van der Waals surface area contributed by atoms with Crippen molar-refractivity contribution in [1.82, 2.24) is 0 Å². The van der Waals surface area contributed by atoms with Crippen LogP contribution in [0.4, 0.5) is 33.3 Å². The SMILES string of the molecule is COc1ccc(-c2cc(C(=O)O)ccc2F)cc1C(=O)Nc1c(C(=O)Nc2ccc(F)c(C(F)(F)F)c2)sc2ccccc12. The van der Waals surface area contributed by atoms with Crippen LogP contribution in [-0.2, 0) is 6.18 Å². The van der Waals surface area contributed by atoms with Crippen LogP contribution in [0, 0.1) is 11.6 Å². The number of halogens is 5. The summed E-state index contributed by atoms with van der Waals surface area (Å²) in [5.41, 5.74) is -2.01. The van der Waals surface area contributed by atoms with Gasteiger partial charge in [0, 0.05) is 21.3 Å². The molecule has 5 rings (SSSR count). The van der Waals surface area contributed by atoms with Crippen molar-refractivity contribution >= 4 is 50.6 Å². The summed E-state index contributed by atoms with van der Waals surface area (Å²) in [6.07, 6.45) is -4.99. The average molecular weight is 627 g/mol. The lowest BCUT2D eigenvalue weighted by Crippen LogP contribution is -2.18. The molecule has 5 aromatic rings. The normalized spacial score (nSPS) is 11.3. The number of amides is 2. The number of hydrogen-bond acceptors (Lipinski definition) is 5. The highest BCUT2D eigenvalue weighted by Gasteiger charge is 2.34. The van der Waals surface area contributed by atoms with Crippen molar-refractivity contribution in [2.75, 3.05) is 17.7 Å². The van der Waals surface area contributed by atoms with Crippen molar-refractivity contribution in [2.24, 2.45) is 0 Å². The third-order valence-electron chi connectivity index (χ3n) is 6.54. The molecule has 13 heteroatoms. The third kappa shape index (κ3) is 5.95. The molecule has 0 saturated carbocycles. The number of nitrogens with one attached hydrogen (secondary N) is 2. The van der Waals surface area contributed by atoms with E-state index in [1.807, 2.05) is 0 Å². The lowest BCUT2D eigenvalue weighted by Gasteiger charge is -2.14. The van der Waals surface area contributed by atoms with Crippen molar-refractivity contribution in [3.8, 4) is 16.9 Å². The van der Waals surface area contributed by atoms with E-state index in [0.29, 0.717) is 22.2 Å². The Morgan fingerprint density at radius 2 is 1.57 bits per heavy atom. The molecule has 0 saturated heterocycles. The number of anilines is 2. The van der Waals surface area contributed by atoms with Crippen molar-refractivity contribution in [2.45, 2.75) is 6.18 Å². The van der Waals surface area contributed by atoms with Gasteiger partial charge in [0.1, 0.15) is 22.3 Å². The van der Waals surface area contributed by atoms with Crippen LogP contribution in [-0.4, -0.2) is 30.0 Å². The van der Waals surface area contributed by atoms with Crippen molar-refractivity contribution < 1.29 is 46.2 Å². The second-order valence-corrected chi connectivity index (χ2v) is 10.4. The summed E-state index contributed by atoms with van der Waals surface area (Å²) in [6.45, 7) is 0. The molecule has 0 bridgehead atoms. The van der Waals surface area contributed by atoms with Crippen LogP contribution in [0.3, 0.4) is 0 Å². The monoisotopic (exact) mass is 626 g/mol. The number of ether oxygens (including phenoxy) is 1. The molecule has 0 aliphatic rings. The Hall–Kier alpha value is -5.30. The number of carbonyl (C=O) groups excluding carboxylic acids is 2. The molecular weight excluding hydrogens is 607 g/mol. The van der Waals surface area contributed by atoms with Crippen LogP contribution in [0.1, 0.15) is 36.0 Å². The van der Waals surface area contributed by atoms with Gasteiger partial charge in [0.05, 0.1) is 29.5 Å². The van der Waals surface area contributed by atoms with Gasteiger partial charge in [0.15, 0.2) is 0 Å². The second-order valence-electron chi connectivity index (χ2n) is 9.32. The smallest absolute Gasteiger partial charge is 0.419 e. The van der Waals surface area contributed by atoms with E-state index in [4.69, 9.17) is 4.74 Å². The first-order valence-corrected chi connectivity index (χ1v) is 13.4. The van der Waals surface area contributed by atoms with Gasteiger partial charge in [-0.1, -0.05) is 24.3 Å². The first-order chi connectivity index (χ1) is 20.9. The molecule has 7 nitrogen and oxygen atoms in total. The summed E-state index contributed by atoms with van der Waals surface area (Å²) in [7, 11) is 1.30. The van der Waals surface area contributed by atoms with Crippen LogP contribution in [0.25, 0.3) is 21.2 Å². The quantitative estimate of drug-likeness (QED) is 0.159. The fourth-order valence-corrected chi connectivity index (χ4v) is 5.50. The molecule has 0 aliphatic carbocycles. The zero-order valence-electron chi connectivity index (χ0n) is 22.4. The minimum atomic E-state index is -4.99. The van der Waals surface area contributed by atoms with E-state index < -0.39 is 41.2 Å². The number of carboxylic acids is 1. The number of fused-ring (bicyclic) bond motifs is 1. The lowest BCUT2D eigenvalue weighted by atomic mass is 9.99. The largest absolute Gasteiger partial charge is 0.496 e. The molecule has 0 aliphatic heterocycles. The zero-order valence-corrected chi connectivity index (χ0v) is 23.2. The first-order valence-electron chi connectivity index (χ1n) is 12.6. The van der Waals surface area contributed by atoms with Crippen LogP contribution < -0.4 is 15.4 Å². The highest BCUT2D eigenvalue weighted by molar-refractivity contribution is 7.21. The maximum absolute atomic E-state index is 14.7. The van der Waals surface area contributed by atoms with Gasteiger partial charge < -0.3 is 20.5 Å². The number of alkyl halides is 3. The van der Waals surface area contributed by atoms with E-state index >= 15 is 0 Å². The Morgan fingerprint density at radius 3 is 2.27 bits per heavy atom. The molecule has 0 unspecified atom stereocenters. The minimum Gasteiger partial charge on any atom is -0.496 e. The lowest BCUT2D eigenvalue weighted by molar-refractivity contribution is -0.139. The number of aromatic carboxylic acids is 1. The Bertz CT molecular complexity index is 1950. The van der Waals surface area contributed by atoms with Gasteiger partial charge in [-0.3, -0.25) is 9.59 Å². The van der Waals surface area contributed by atoms with Gasteiger partial charge in [0.25, 0.3) is 11.8 Å². The first kappa shape index (κ1) is 30.2. The molecule has 4 aromatic carbocycles. The molecule has 1 aromatic heterocycles. The van der Waals surface area contributed by atoms with Gasteiger partial charge in [-0.2, -0.15) is 13.2 Å². The summed E-state index contributed by atoms with van der Waals surface area (Å²) in [5, 5.41) is 14.8. The van der Waals surface area contributed by atoms with Crippen LogP contribution in [0.2, 0.25) is 0 Å². The maximum Gasteiger partial charge on any atom is 0.419 e. The van der Waals surface area contributed by atoms with Gasteiger partial charge in [-0.15, -0.1) is 11.3 Å². The molecule has 44 heavy (non-hydrogen) atoms. The number of thiophene rings is 1. The molecule has 3 N–H and O–H groups in total. The van der Waals surface area contributed by atoms with Gasteiger partial charge in [0.2, 0.25) is 0 Å². The zero-order chi connectivity index (χ0) is 31.8. The Kier molecular flexibility index (Phi) is 8.07. The van der Waals surface area contributed by atoms with E-state index in [9.17, 15) is 41.4 Å². The molecular formula is C31H19F5N2O5S. The molecule has 0 fully saturated rings. The summed E-state index contributed by atoms with van der Waals surface area (Å²) in [6, 6.07) is 16.0. The van der Waals surface area contributed by atoms with Crippen LogP contribution >= 0.6 is 11.3 Å². The highest BCUT2D eigenvalue weighted by Crippen LogP contribution is 2.38. The number of rotatable bonds is 7. The number of carbonyl (C=O) groups is 3. The fourth-order valence-electron chi connectivity index (χ4n) is 4.45. The van der Waals surface area contributed by atoms with Gasteiger partial charge >= 0.3 is 12.1 Å². The van der Waals surface area contributed by atoms with Gasteiger partial charge in [-0.05, 0) is 60.2 Å². The topological polar surface area (TPSA) is 105 Å². The predicted molar refractivity (Wildman–Crippen MR) is 154 cm³/mol. The third-order valence-corrected chi connectivity index (χ3v) is 7.71. The van der Waals surface area contributed by atoms with E-state index in [1.165, 1.54) is 25.3 Å². The summed E-state index contributed by atoms with van der Waals surface area (Å²) >= 11 is 0.958. The number of benzene rings is 4. The molecule has 224 valence electrons. The van der Waals surface area contributed by atoms with Crippen LogP contribution in [0.15, 0.2) is 78.9 Å². The minimum absolute atomic E-state index is 0.0396. The van der Waals surface area contributed by atoms with E-state index in [0.717, 1.165) is 35.6 Å². The second kappa shape index (κ2) is 11.8. The molecule has 1 heterocycles. The van der Waals surface area contributed by atoms with E-state index in [1.54, 1.807) is 24.3 Å². The average Bonchev–Trinajstić information content (AvgIpc) is 3.35. The molecule has 2 amide bonds. The summed E-state index contributed by atoms with van der Waals surface area (Å²) in [4.78, 5) is 38.3. The van der Waals surface area contributed by atoms with E-state index in [2.05, 4.69) is 10.6 Å². The van der Waals surface area contributed by atoms with Crippen molar-refractivity contribution in [1.29, 1.82) is 0 Å². The summed E-state index contributed by atoms with van der Waals surface area (Å²) < 4.78 is 74.0. The Labute approximate surface area is 249 Å². The van der Waals surface area contributed by atoms with Crippen molar-refractivity contribution in [3.63, 3.8) is 0 Å². The van der Waals surface area contributed by atoms with Crippen molar-refractivity contribution in [3.05, 3.63) is 112 Å². The van der Waals surface area contributed by atoms with E-state index in [-0.39, 0.29) is 44.3 Å². The summed E-state index contributed by atoms with van der Waals surface area (Å²) in [5.74, 6) is -5.08. The predicted octanol–water partition coefficient (Wildman–Crippen LogP) is 8.08. The maximum atomic E-state index is 14.7. The number of hydrogen-bond donors (Lipinski definition) is 3.